The zero-order valence-electron chi connectivity index (χ0n) is 21.0. The van der Waals surface area contributed by atoms with Crippen molar-refractivity contribution < 1.29 is 33.3 Å². The van der Waals surface area contributed by atoms with E-state index in [1.807, 2.05) is 42.5 Å². The molecule has 208 valence electrons. The first-order chi connectivity index (χ1) is 19.1. The normalized spacial score (nSPS) is 16.6. The van der Waals surface area contributed by atoms with Crippen LogP contribution in [0.2, 0.25) is 0 Å². The molecule has 40 heavy (non-hydrogen) atoms. The number of aliphatic hydroxyl groups is 2. The van der Waals surface area contributed by atoms with E-state index in [1.54, 1.807) is 0 Å². The zero-order valence-corrected chi connectivity index (χ0v) is 21.8. The van der Waals surface area contributed by atoms with E-state index in [9.17, 15) is 38.1 Å². The molecule has 0 saturated carbocycles. The topological polar surface area (TPSA) is 103 Å². The number of aliphatic hydroxyl groups excluding tert-OH is 2. The minimum atomic E-state index is -4.62. The molecule has 5 rings (SSSR count). The van der Waals surface area contributed by atoms with Crippen molar-refractivity contribution in [3.8, 4) is 11.1 Å². The average Bonchev–Trinajstić information content (AvgIpc) is 2.92. The lowest BCUT2D eigenvalue weighted by Crippen LogP contribution is -2.44. The first-order valence-corrected chi connectivity index (χ1v) is 13.2. The Kier molecular flexibility index (Phi) is 7.74. The van der Waals surface area contributed by atoms with Gasteiger partial charge in [-0.05, 0) is 58.0 Å². The van der Waals surface area contributed by atoms with Crippen LogP contribution in [0.4, 0.5) is 13.2 Å². The summed E-state index contributed by atoms with van der Waals surface area (Å²) in [4.78, 5) is 25.7. The molecule has 3 N–H and O–H groups in total. The summed E-state index contributed by atoms with van der Waals surface area (Å²) in [5.74, 6) is -1.30. The van der Waals surface area contributed by atoms with Crippen molar-refractivity contribution in [3.05, 3.63) is 99.8 Å². The van der Waals surface area contributed by atoms with Crippen LogP contribution in [-0.2, 0) is 17.4 Å². The third-order valence-electron chi connectivity index (χ3n) is 6.84. The molecule has 0 fully saturated rings. The number of hydrogen-bond donors (Lipinski definition) is 3. The van der Waals surface area contributed by atoms with Crippen molar-refractivity contribution in [2.45, 2.75) is 29.8 Å². The first kappa shape index (κ1) is 27.9. The molecule has 7 nitrogen and oxygen atoms in total. The molecule has 1 aliphatic heterocycles. The van der Waals surface area contributed by atoms with Crippen LogP contribution < -0.4 is 5.56 Å². The second-order valence-electron chi connectivity index (χ2n) is 9.58. The number of nitrogens with zero attached hydrogens (tertiary/aromatic N) is 2. The predicted octanol–water partition coefficient (Wildman–Crippen LogP) is 4.58. The summed E-state index contributed by atoms with van der Waals surface area (Å²) in [6, 6.07) is 18.0. The smallest absolute Gasteiger partial charge is 0.416 e. The predicted molar refractivity (Wildman–Crippen MR) is 145 cm³/mol. The summed E-state index contributed by atoms with van der Waals surface area (Å²) in [6.07, 6.45) is -5.60. The summed E-state index contributed by atoms with van der Waals surface area (Å²) in [6.45, 7) is -0.841. The highest BCUT2D eigenvalue weighted by Crippen LogP contribution is 2.42. The Hall–Kier alpha value is -3.64. The number of halogens is 3. The van der Waals surface area contributed by atoms with Crippen LogP contribution in [0, 0.1) is 0 Å². The molecule has 2 heterocycles. The van der Waals surface area contributed by atoms with Gasteiger partial charge in [-0.3, -0.25) is 9.36 Å². The van der Waals surface area contributed by atoms with Gasteiger partial charge >= 0.3 is 12.1 Å². The molecule has 0 bridgehead atoms. The van der Waals surface area contributed by atoms with Gasteiger partial charge in [0.05, 0.1) is 18.3 Å². The fourth-order valence-corrected chi connectivity index (χ4v) is 6.36. The van der Waals surface area contributed by atoms with Crippen LogP contribution in [-0.4, -0.2) is 56.0 Å². The van der Waals surface area contributed by atoms with Crippen LogP contribution in [0.15, 0.2) is 82.6 Å². The number of aromatic nitrogens is 1. The minimum absolute atomic E-state index is 0.116. The van der Waals surface area contributed by atoms with Crippen molar-refractivity contribution in [3.63, 3.8) is 0 Å². The highest BCUT2D eigenvalue weighted by atomic mass is 32.2. The van der Waals surface area contributed by atoms with Crippen LogP contribution >= 0.6 is 11.9 Å². The van der Waals surface area contributed by atoms with Gasteiger partial charge in [0.25, 0.3) is 5.56 Å². The number of carbonyl (C=O) groups is 1. The van der Waals surface area contributed by atoms with Crippen LogP contribution in [0.25, 0.3) is 21.9 Å². The van der Waals surface area contributed by atoms with Crippen molar-refractivity contribution >= 4 is 28.7 Å². The van der Waals surface area contributed by atoms with Gasteiger partial charge in [0, 0.05) is 24.7 Å². The van der Waals surface area contributed by atoms with E-state index in [4.69, 9.17) is 0 Å². The lowest BCUT2D eigenvalue weighted by atomic mass is 9.93. The number of hydrogen-bond acceptors (Lipinski definition) is 6. The Morgan fingerprint density at radius 3 is 2.48 bits per heavy atom. The van der Waals surface area contributed by atoms with Crippen molar-refractivity contribution in [2.24, 2.45) is 0 Å². The second-order valence-corrected chi connectivity index (χ2v) is 10.7. The van der Waals surface area contributed by atoms with Crippen LogP contribution in [0.1, 0.15) is 22.7 Å². The lowest BCUT2D eigenvalue weighted by Gasteiger charge is -2.35. The third-order valence-corrected chi connectivity index (χ3v) is 7.97. The Labute approximate surface area is 231 Å². The Morgan fingerprint density at radius 2 is 1.75 bits per heavy atom. The number of pyridine rings is 1. The maximum Gasteiger partial charge on any atom is 0.416 e. The van der Waals surface area contributed by atoms with Gasteiger partial charge in [0.2, 0.25) is 0 Å². The molecule has 0 aliphatic carbocycles. The molecule has 1 aromatic heterocycles. The van der Waals surface area contributed by atoms with E-state index < -0.39 is 42.0 Å². The standard InChI is InChI=1S/C29H25F3N2O5S/c30-29(31,32)21-9-4-8-19(12-21)26-20(11-18-7-3-6-17-5-1-2-10-23(17)18)13-25(37)34-24(28(38)39)15-33(40-27(26)34)14-22(36)16-35/h1-10,12-13,22,24,35-36H,11,14-16H2,(H,38,39)/t22-,24?/m1/s1. The molecule has 2 atom stereocenters. The first-order valence-electron chi connectivity index (χ1n) is 12.4. The lowest BCUT2D eigenvalue weighted by molar-refractivity contribution is -0.141. The summed E-state index contributed by atoms with van der Waals surface area (Å²) < 4.78 is 43.8. The Bertz CT molecular complexity index is 1630. The number of rotatable bonds is 7. The molecule has 1 aliphatic rings. The molecule has 0 spiro atoms. The number of carboxylic acid groups (broad SMARTS) is 1. The average molecular weight is 571 g/mol. The molecular weight excluding hydrogens is 545 g/mol. The summed E-state index contributed by atoms with van der Waals surface area (Å²) in [7, 11) is 0. The second kappa shape index (κ2) is 11.1. The van der Waals surface area contributed by atoms with Gasteiger partial charge in [-0.25, -0.2) is 9.10 Å². The van der Waals surface area contributed by atoms with Gasteiger partial charge in [-0.1, -0.05) is 54.6 Å². The number of carboxylic acids is 1. The van der Waals surface area contributed by atoms with E-state index in [-0.39, 0.29) is 30.1 Å². The quantitative estimate of drug-likeness (QED) is 0.280. The zero-order chi connectivity index (χ0) is 28.6. The highest BCUT2D eigenvalue weighted by Gasteiger charge is 2.36. The number of benzene rings is 3. The number of aliphatic carboxylic acids is 1. The van der Waals surface area contributed by atoms with Crippen molar-refractivity contribution in [2.75, 3.05) is 19.7 Å². The third kappa shape index (κ3) is 5.50. The number of fused-ring (bicyclic) bond motifs is 2. The number of β-amino-alcohol motifs (C(OH)–C–C–N with tert-alkyl or cyclic N) is 1. The summed E-state index contributed by atoms with van der Waals surface area (Å²) >= 11 is 0.980. The Morgan fingerprint density at radius 1 is 1.02 bits per heavy atom. The maximum absolute atomic E-state index is 13.7. The van der Waals surface area contributed by atoms with Crippen molar-refractivity contribution in [1.82, 2.24) is 8.87 Å². The van der Waals surface area contributed by atoms with Gasteiger partial charge in [-0.2, -0.15) is 13.2 Å². The largest absolute Gasteiger partial charge is 0.480 e. The van der Waals surface area contributed by atoms with Crippen LogP contribution in [0.5, 0.6) is 0 Å². The summed E-state index contributed by atoms with van der Waals surface area (Å²) in [5.41, 5.74) is 0.289. The summed E-state index contributed by atoms with van der Waals surface area (Å²) in [5, 5.41) is 31.4. The molecule has 1 unspecified atom stereocenters. The van der Waals surface area contributed by atoms with E-state index in [0.29, 0.717) is 11.1 Å². The van der Waals surface area contributed by atoms with Gasteiger partial charge in [0.1, 0.15) is 11.1 Å². The van der Waals surface area contributed by atoms with Gasteiger partial charge in [0.15, 0.2) is 0 Å². The molecule has 0 radical (unpaired) electrons. The molecule has 0 saturated heterocycles. The maximum atomic E-state index is 13.7. The molecule has 11 heteroatoms. The van der Waals surface area contributed by atoms with E-state index in [0.717, 1.165) is 45.0 Å². The Balaban J connectivity index is 1.76. The SMILES string of the molecule is O=C(O)C1CN(C[C@@H](O)CO)Sc2c(-c3cccc(C(F)(F)F)c3)c(Cc3cccc4ccccc34)cc(=O)n21. The van der Waals surface area contributed by atoms with E-state index in [1.165, 1.54) is 22.5 Å². The van der Waals surface area contributed by atoms with Gasteiger partial charge < -0.3 is 15.3 Å². The fourth-order valence-electron chi connectivity index (χ4n) is 5.01. The minimum Gasteiger partial charge on any atom is -0.480 e. The monoisotopic (exact) mass is 570 g/mol. The van der Waals surface area contributed by atoms with Crippen LogP contribution in [0.3, 0.4) is 0 Å². The van der Waals surface area contributed by atoms with E-state index >= 15 is 0 Å². The highest BCUT2D eigenvalue weighted by molar-refractivity contribution is 7.97. The van der Waals surface area contributed by atoms with Crippen molar-refractivity contribution in [1.29, 1.82) is 0 Å². The molecular formula is C29H25F3N2O5S. The number of alkyl halides is 3. The van der Waals surface area contributed by atoms with E-state index in [2.05, 4.69) is 0 Å². The molecule has 3 aromatic carbocycles. The molecule has 4 aromatic rings. The fraction of sp³-hybridized carbons (Fsp3) is 0.241. The molecule has 0 amide bonds. The van der Waals surface area contributed by atoms with Gasteiger partial charge in [-0.15, -0.1) is 0 Å².